The lowest BCUT2D eigenvalue weighted by atomic mass is 9.91. The van der Waals surface area contributed by atoms with Gasteiger partial charge in [0.15, 0.2) is 17.1 Å². The summed E-state index contributed by atoms with van der Waals surface area (Å²) in [7, 11) is 0. The van der Waals surface area contributed by atoms with Crippen LogP contribution < -0.4 is 14.4 Å². The number of ether oxygens (including phenoxy) is 3. The highest BCUT2D eigenvalue weighted by molar-refractivity contribution is 5.90. The van der Waals surface area contributed by atoms with Gasteiger partial charge in [-0.2, -0.15) is 0 Å². The molecule has 1 amide bonds. The Balaban J connectivity index is 0.891. The number of hydrogen-bond acceptors (Lipinski definition) is 7. The van der Waals surface area contributed by atoms with Gasteiger partial charge in [0.1, 0.15) is 5.82 Å². The minimum absolute atomic E-state index is 0.224. The van der Waals surface area contributed by atoms with E-state index >= 15 is 0 Å². The van der Waals surface area contributed by atoms with Gasteiger partial charge in [-0.25, -0.2) is 9.18 Å². The molecule has 2 fully saturated rings. The van der Waals surface area contributed by atoms with E-state index in [9.17, 15) is 9.18 Å². The number of aromatic nitrogens is 1. The lowest BCUT2D eigenvalue weighted by Gasteiger charge is -2.31. The molecule has 1 aromatic heterocycles. The zero-order valence-corrected chi connectivity index (χ0v) is 20.7. The first-order valence-corrected chi connectivity index (χ1v) is 13.3. The third kappa shape index (κ3) is 4.39. The Bertz CT molecular complexity index is 1330. The number of anilines is 1. The van der Waals surface area contributed by atoms with E-state index in [0.29, 0.717) is 42.2 Å². The van der Waals surface area contributed by atoms with Crippen molar-refractivity contribution in [1.82, 2.24) is 10.1 Å². The minimum atomic E-state index is -0.303. The van der Waals surface area contributed by atoms with Gasteiger partial charge in [0, 0.05) is 36.5 Å². The molecular formula is C28H30FN3O5. The van der Waals surface area contributed by atoms with Crippen molar-refractivity contribution in [1.29, 1.82) is 0 Å². The lowest BCUT2D eigenvalue weighted by molar-refractivity contribution is 0.142. The molecule has 1 saturated carbocycles. The number of aryl methyl sites for hydroxylation is 1. The maximum atomic E-state index is 13.5. The van der Waals surface area contributed by atoms with Crippen LogP contribution in [0.5, 0.6) is 11.5 Å². The highest BCUT2D eigenvalue weighted by Gasteiger charge is 2.40. The van der Waals surface area contributed by atoms with E-state index in [4.69, 9.17) is 18.7 Å². The first-order valence-electron chi connectivity index (χ1n) is 13.3. The number of carbonyl (C=O) groups excluding carboxylic acids is 1. The van der Waals surface area contributed by atoms with Gasteiger partial charge in [0.2, 0.25) is 6.79 Å². The van der Waals surface area contributed by atoms with E-state index in [0.717, 1.165) is 79.8 Å². The van der Waals surface area contributed by atoms with Crippen molar-refractivity contribution in [2.75, 3.05) is 44.5 Å². The number of likely N-dealkylation sites (tertiary alicyclic amines) is 1. The molecule has 0 radical (unpaired) electrons. The molecule has 194 valence electrons. The molecule has 1 saturated heterocycles. The third-order valence-electron chi connectivity index (χ3n) is 8.33. The molecule has 0 spiro atoms. The molecule has 2 unspecified atom stereocenters. The second kappa shape index (κ2) is 9.20. The van der Waals surface area contributed by atoms with E-state index in [1.807, 2.05) is 12.1 Å². The van der Waals surface area contributed by atoms with Gasteiger partial charge >= 0.3 is 6.09 Å². The van der Waals surface area contributed by atoms with Gasteiger partial charge in [-0.05, 0) is 80.8 Å². The minimum Gasteiger partial charge on any atom is -0.454 e. The molecule has 8 nitrogen and oxygen atoms in total. The van der Waals surface area contributed by atoms with Crippen LogP contribution in [0.3, 0.4) is 0 Å². The average molecular weight is 508 g/mol. The SMILES string of the molecule is O=C(OCC1CC1CN1CCC(c2noc3cc(F)ccc23)CC1)N1CCCc2cc3c(cc21)OCO3. The zero-order chi connectivity index (χ0) is 24.9. The number of benzene rings is 2. The van der Waals surface area contributed by atoms with E-state index in [1.54, 1.807) is 11.0 Å². The van der Waals surface area contributed by atoms with Crippen molar-refractivity contribution in [3.63, 3.8) is 0 Å². The topological polar surface area (TPSA) is 77.3 Å². The summed E-state index contributed by atoms with van der Waals surface area (Å²) in [4.78, 5) is 17.2. The van der Waals surface area contributed by atoms with Gasteiger partial charge in [0.05, 0.1) is 18.0 Å². The van der Waals surface area contributed by atoms with Crippen LogP contribution in [0.25, 0.3) is 11.0 Å². The van der Waals surface area contributed by atoms with Crippen LogP contribution in [-0.4, -0.2) is 55.7 Å². The Labute approximate surface area is 214 Å². The molecule has 9 heteroatoms. The molecule has 37 heavy (non-hydrogen) atoms. The molecular weight excluding hydrogens is 477 g/mol. The van der Waals surface area contributed by atoms with Crippen molar-refractivity contribution in [3.8, 4) is 11.5 Å². The predicted molar refractivity (Wildman–Crippen MR) is 134 cm³/mol. The molecule has 4 aliphatic rings. The lowest BCUT2D eigenvalue weighted by Crippen LogP contribution is -2.36. The summed E-state index contributed by atoms with van der Waals surface area (Å²) in [6.07, 6.45) is 4.68. The van der Waals surface area contributed by atoms with E-state index in [2.05, 4.69) is 10.1 Å². The van der Waals surface area contributed by atoms with Crippen molar-refractivity contribution in [2.24, 2.45) is 11.8 Å². The number of piperidine rings is 1. The van der Waals surface area contributed by atoms with E-state index in [-0.39, 0.29) is 18.7 Å². The van der Waals surface area contributed by atoms with Crippen LogP contribution in [-0.2, 0) is 11.2 Å². The number of rotatable bonds is 5. The maximum Gasteiger partial charge on any atom is 0.414 e. The Hall–Kier alpha value is -3.33. The summed E-state index contributed by atoms with van der Waals surface area (Å²) in [5.74, 6) is 2.48. The maximum absolute atomic E-state index is 13.5. The quantitative estimate of drug-likeness (QED) is 0.476. The second-order valence-corrected chi connectivity index (χ2v) is 10.7. The smallest absolute Gasteiger partial charge is 0.414 e. The number of halogens is 1. The number of nitrogens with zero attached hydrogens (tertiary/aromatic N) is 3. The summed E-state index contributed by atoms with van der Waals surface area (Å²) in [6.45, 7) is 4.40. The average Bonchev–Trinajstić information content (AvgIpc) is 3.28. The Kier molecular flexibility index (Phi) is 5.68. The van der Waals surface area contributed by atoms with Crippen molar-refractivity contribution in [2.45, 2.75) is 38.0 Å². The Morgan fingerprint density at radius 3 is 2.78 bits per heavy atom. The summed E-state index contributed by atoms with van der Waals surface area (Å²) in [5, 5.41) is 5.18. The first-order chi connectivity index (χ1) is 18.1. The normalized spacial score (nSPS) is 23.3. The Morgan fingerprint density at radius 1 is 1.08 bits per heavy atom. The molecule has 4 heterocycles. The summed E-state index contributed by atoms with van der Waals surface area (Å²) < 4.78 is 35.6. The number of hydrogen-bond donors (Lipinski definition) is 0. The highest BCUT2D eigenvalue weighted by atomic mass is 19.1. The number of fused-ring (bicyclic) bond motifs is 3. The van der Waals surface area contributed by atoms with Crippen LogP contribution in [0.4, 0.5) is 14.9 Å². The predicted octanol–water partition coefficient (Wildman–Crippen LogP) is 5.10. The summed E-state index contributed by atoms with van der Waals surface area (Å²) in [6, 6.07) is 8.54. The van der Waals surface area contributed by atoms with Crippen molar-refractivity contribution in [3.05, 3.63) is 47.4 Å². The third-order valence-corrected chi connectivity index (χ3v) is 8.33. The zero-order valence-electron chi connectivity index (χ0n) is 20.7. The van der Waals surface area contributed by atoms with Crippen LogP contribution in [0.2, 0.25) is 0 Å². The van der Waals surface area contributed by atoms with Gasteiger partial charge in [-0.3, -0.25) is 4.90 Å². The molecule has 1 aliphatic carbocycles. The van der Waals surface area contributed by atoms with Gasteiger partial charge in [0.25, 0.3) is 0 Å². The fourth-order valence-corrected chi connectivity index (χ4v) is 6.10. The van der Waals surface area contributed by atoms with Crippen LogP contribution in [0.1, 0.15) is 42.9 Å². The molecule has 7 rings (SSSR count). The fraction of sp³-hybridized carbons (Fsp3) is 0.500. The van der Waals surface area contributed by atoms with Gasteiger partial charge < -0.3 is 23.6 Å². The van der Waals surface area contributed by atoms with Crippen molar-refractivity contribution < 1.29 is 27.9 Å². The van der Waals surface area contributed by atoms with Crippen LogP contribution in [0.15, 0.2) is 34.9 Å². The summed E-state index contributed by atoms with van der Waals surface area (Å²) in [5.41, 5.74) is 3.45. The molecule has 3 aromatic rings. The highest BCUT2D eigenvalue weighted by Crippen LogP contribution is 2.43. The summed E-state index contributed by atoms with van der Waals surface area (Å²) >= 11 is 0. The monoisotopic (exact) mass is 507 g/mol. The Morgan fingerprint density at radius 2 is 1.92 bits per heavy atom. The van der Waals surface area contributed by atoms with E-state index < -0.39 is 0 Å². The van der Waals surface area contributed by atoms with Gasteiger partial charge in [-0.1, -0.05) is 5.16 Å². The van der Waals surface area contributed by atoms with Crippen LogP contribution in [0, 0.1) is 17.7 Å². The van der Waals surface area contributed by atoms with Gasteiger partial charge in [-0.15, -0.1) is 0 Å². The first kappa shape index (κ1) is 22.8. The molecule has 0 bridgehead atoms. The van der Waals surface area contributed by atoms with Crippen LogP contribution >= 0.6 is 0 Å². The molecule has 2 atom stereocenters. The molecule has 0 N–H and O–H groups in total. The van der Waals surface area contributed by atoms with E-state index in [1.165, 1.54) is 12.1 Å². The fourth-order valence-electron chi connectivity index (χ4n) is 6.10. The standard InChI is InChI=1S/C28H30FN3O5/c29-21-3-4-22-24(12-21)37-30-27(22)17-5-8-31(9-6-17)14-19-10-20(19)15-34-28(33)32-7-1-2-18-11-25-26(13-23(18)32)36-16-35-25/h3-4,11-13,17,19-20H,1-2,5-10,14-16H2. The molecule has 3 aliphatic heterocycles. The number of amides is 1. The number of carbonyl (C=O) groups is 1. The van der Waals surface area contributed by atoms with Crippen molar-refractivity contribution >= 4 is 22.7 Å². The molecule has 2 aromatic carbocycles. The second-order valence-electron chi connectivity index (χ2n) is 10.7. The largest absolute Gasteiger partial charge is 0.454 e.